The molecule has 0 rings (SSSR count). The van der Waals surface area contributed by atoms with E-state index in [1.54, 1.807) is 0 Å². The van der Waals surface area contributed by atoms with E-state index in [1.807, 2.05) is 0 Å². The first-order valence-electron chi connectivity index (χ1n) is 7.07. The van der Waals surface area contributed by atoms with Crippen molar-refractivity contribution >= 4 is 0 Å². The maximum Gasteiger partial charge on any atom is 0.0701 e. The van der Waals surface area contributed by atoms with Gasteiger partial charge in [-0.1, -0.05) is 58.8 Å². The fraction of sp³-hybridized carbons (Fsp3) is 1.00. The van der Waals surface area contributed by atoms with E-state index in [-0.39, 0.29) is 6.61 Å². The van der Waals surface area contributed by atoms with Crippen molar-refractivity contribution < 1.29 is 9.84 Å². The van der Waals surface area contributed by atoms with Crippen LogP contribution < -0.4 is 0 Å². The Morgan fingerprint density at radius 1 is 0.875 bits per heavy atom. The Balaban J connectivity index is 3.36. The SMILES string of the molecule is CCCCCCCCC(CCC)OCCO. The lowest BCUT2D eigenvalue weighted by molar-refractivity contribution is 0.0177. The van der Waals surface area contributed by atoms with Crippen LogP contribution in [0.4, 0.5) is 0 Å². The summed E-state index contributed by atoms with van der Waals surface area (Å²) in [7, 11) is 0. The van der Waals surface area contributed by atoms with Gasteiger partial charge in [-0.05, 0) is 12.8 Å². The summed E-state index contributed by atoms with van der Waals surface area (Å²) in [6, 6.07) is 0. The smallest absolute Gasteiger partial charge is 0.0701 e. The van der Waals surface area contributed by atoms with Gasteiger partial charge >= 0.3 is 0 Å². The van der Waals surface area contributed by atoms with E-state index >= 15 is 0 Å². The molecule has 0 amide bonds. The minimum absolute atomic E-state index is 0.150. The lowest BCUT2D eigenvalue weighted by Crippen LogP contribution is -2.15. The monoisotopic (exact) mass is 230 g/mol. The predicted molar refractivity (Wildman–Crippen MR) is 69.7 cm³/mol. The largest absolute Gasteiger partial charge is 0.394 e. The highest BCUT2D eigenvalue weighted by Crippen LogP contribution is 2.13. The molecule has 0 saturated carbocycles. The Morgan fingerprint density at radius 2 is 1.56 bits per heavy atom. The third-order valence-electron chi connectivity index (χ3n) is 2.94. The molecule has 0 aliphatic heterocycles. The Kier molecular flexibility index (Phi) is 12.9. The number of aliphatic hydroxyl groups is 1. The van der Waals surface area contributed by atoms with Gasteiger partial charge in [0, 0.05) is 0 Å². The molecule has 1 atom stereocenters. The van der Waals surface area contributed by atoms with Crippen molar-refractivity contribution in [3.05, 3.63) is 0 Å². The molecule has 0 aromatic rings. The molecule has 0 bridgehead atoms. The van der Waals surface area contributed by atoms with E-state index in [2.05, 4.69) is 13.8 Å². The second-order valence-electron chi connectivity index (χ2n) is 4.56. The number of aliphatic hydroxyl groups excluding tert-OH is 1. The van der Waals surface area contributed by atoms with Gasteiger partial charge in [-0.2, -0.15) is 0 Å². The molecule has 16 heavy (non-hydrogen) atoms. The first kappa shape index (κ1) is 15.9. The molecule has 1 N–H and O–H groups in total. The van der Waals surface area contributed by atoms with E-state index in [4.69, 9.17) is 9.84 Å². The number of hydrogen-bond donors (Lipinski definition) is 1. The number of rotatable bonds is 12. The fourth-order valence-electron chi connectivity index (χ4n) is 2.00. The van der Waals surface area contributed by atoms with Crippen molar-refractivity contribution in [3.8, 4) is 0 Å². The molecular formula is C14H30O2. The van der Waals surface area contributed by atoms with Crippen LogP contribution in [0.25, 0.3) is 0 Å². The van der Waals surface area contributed by atoms with Crippen LogP contribution in [0.3, 0.4) is 0 Å². The van der Waals surface area contributed by atoms with Crippen molar-refractivity contribution in [1.82, 2.24) is 0 Å². The summed E-state index contributed by atoms with van der Waals surface area (Å²) in [6.45, 7) is 5.09. The van der Waals surface area contributed by atoms with Crippen LogP contribution in [-0.4, -0.2) is 24.4 Å². The molecule has 0 heterocycles. The zero-order valence-electron chi connectivity index (χ0n) is 11.2. The minimum Gasteiger partial charge on any atom is -0.394 e. The highest BCUT2D eigenvalue weighted by molar-refractivity contribution is 4.58. The third-order valence-corrected chi connectivity index (χ3v) is 2.94. The van der Waals surface area contributed by atoms with E-state index in [0.29, 0.717) is 12.7 Å². The fourth-order valence-corrected chi connectivity index (χ4v) is 2.00. The number of ether oxygens (including phenoxy) is 1. The molecule has 1 unspecified atom stereocenters. The van der Waals surface area contributed by atoms with Crippen LogP contribution in [0.1, 0.15) is 71.6 Å². The van der Waals surface area contributed by atoms with Gasteiger partial charge in [0.15, 0.2) is 0 Å². The molecule has 0 fully saturated rings. The molecule has 98 valence electrons. The summed E-state index contributed by atoms with van der Waals surface area (Å²) in [5.41, 5.74) is 0. The third kappa shape index (κ3) is 10.4. The summed E-state index contributed by atoms with van der Waals surface area (Å²) in [4.78, 5) is 0. The van der Waals surface area contributed by atoms with Crippen molar-refractivity contribution in [1.29, 1.82) is 0 Å². The summed E-state index contributed by atoms with van der Waals surface area (Å²) >= 11 is 0. The molecule has 0 radical (unpaired) electrons. The van der Waals surface area contributed by atoms with Crippen LogP contribution in [0, 0.1) is 0 Å². The van der Waals surface area contributed by atoms with Gasteiger partial charge in [-0.3, -0.25) is 0 Å². The van der Waals surface area contributed by atoms with Gasteiger partial charge in [0.25, 0.3) is 0 Å². The molecule has 2 heteroatoms. The number of unbranched alkanes of at least 4 members (excludes halogenated alkanes) is 5. The summed E-state index contributed by atoms with van der Waals surface area (Å²) < 4.78 is 5.61. The maximum absolute atomic E-state index is 8.73. The van der Waals surface area contributed by atoms with Gasteiger partial charge < -0.3 is 9.84 Å². The average Bonchev–Trinajstić information content (AvgIpc) is 2.30. The topological polar surface area (TPSA) is 29.5 Å². The molecule has 0 aliphatic rings. The zero-order chi connectivity index (χ0) is 12.1. The van der Waals surface area contributed by atoms with Gasteiger partial charge in [0.05, 0.1) is 19.3 Å². The van der Waals surface area contributed by atoms with Crippen molar-refractivity contribution in [3.63, 3.8) is 0 Å². The minimum atomic E-state index is 0.150. The van der Waals surface area contributed by atoms with Crippen molar-refractivity contribution in [2.75, 3.05) is 13.2 Å². The van der Waals surface area contributed by atoms with E-state index in [0.717, 1.165) is 6.42 Å². The molecule has 0 spiro atoms. The Labute approximate surface area is 101 Å². The van der Waals surface area contributed by atoms with Crippen LogP contribution in [0.5, 0.6) is 0 Å². The zero-order valence-corrected chi connectivity index (χ0v) is 11.2. The van der Waals surface area contributed by atoms with Gasteiger partial charge in [-0.15, -0.1) is 0 Å². The van der Waals surface area contributed by atoms with Gasteiger partial charge in [0.1, 0.15) is 0 Å². The Bertz CT molecular complexity index is 126. The molecule has 0 aliphatic carbocycles. The van der Waals surface area contributed by atoms with Gasteiger partial charge in [0.2, 0.25) is 0 Å². The molecule has 0 saturated heterocycles. The van der Waals surface area contributed by atoms with Crippen LogP contribution >= 0.6 is 0 Å². The quantitative estimate of drug-likeness (QED) is 0.515. The van der Waals surface area contributed by atoms with Crippen LogP contribution in [0.2, 0.25) is 0 Å². The first-order chi connectivity index (χ1) is 7.85. The Hall–Kier alpha value is -0.0800. The molecule has 2 nitrogen and oxygen atoms in total. The molecular weight excluding hydrogens is 200 g/mol. The second kappa shape index (κ2) is 13.0. The molecule has 0 aromatic carbocycles. The summed E-state index contributed by atoms with van der Waals surface area (Å²) in [5, 5.41) is 8.73. The van der Waals surface area contributed by atoms with Crippen molar-refractivity contribution in [2.24, 2.45) is 0 Å². The highest BCUT2D eigenvalue weighted by atomic mass is 16.5. The van der Waals surface area contributed by atoms with Gasteiger partial charge in [-0.25, -0.2) is 0 Å². The second-order valence-corrected chi connectivity index (χ2v) is 4.56. The summed E-state index contributed by atoms with van der Waals surface area (Å²) in [6.07, 6.45) is 11.9. The normalized spacial score (nSPS) is 12.9. The summed E-state index contributed by atoms with van der Waals surface area (Å²) in [5.74, 6) is 0. The lowest BCUT2D eigenvalue weighted by atomic mass is 10.0. The van der Waals surface area contributed by atoms with E-state index in [1.165, 1.54) is 51.4 Å². The number of hydrogen-bond acceptors (Lipinski definition) is 2. The maximum atomic E-state index is 8.73. The Morgan fingerprint density at radius 3 is 2.19 bits per heavy atom. The van der Waals surface area contributed by atoms with E-state index < -0.39 is 0 Å². The predicted octanol–water partition coefficient (Wildman–Crippen LogP) is 3.91. The highest BCUT2D eigenvalue weighted by Gasteiger charge is 2.06. The standard InChI is InChI=1S/C14H30O2/c1-3-5-6-7-8-9-11-14(10-4-2)16-13-12-15/h14-15H,3-13H2,1-2H3. The average molecular weight is 230 g/mol. The first-order valence-corrected chi connectivity index (χ1v) is 7.07. The van der Waals surface area contributed by atoms with E-state index in [9.17, 15) is 0 Å². The van der Waals surface area contributed by atoms with Crippen LogP contribution in [-0.2, 0) is 4.74 Å². The lowest BCUT2D eigenvalue weighted by Gasteiger charge is -2.16. The van der Waals surface area contributed by atoms with Crippen LogP contribution in [0.15, 0.2) is 0 Å². The molecule has 0 aromatic heterocycles. The van der Waals surface area contributed by atoms with Crippen molar-refractivity contribution in [2.45, 2.75) is 77.7 Å².